The molecule has 106 valence electrons. The van der Waals surface area contributed by atoms with E-state index in [1.807, 2.05) is 42.6 Å². The van der Waals surface area contributed by atoms with Gasteiger partial charge < -0.3 is 16.0 Å². The molecule has 6 heteroatoms. The molecule has 0 unspecified atom stereocenters. The van der Waals surface area contributed by atoms with Gasteiger partial charge in [-0.2, -0.15) is 0 Å². The normalized spacial score (nSPS) is 10.3. The van der Waals surface area contributed by atoms with Crippen LogP contribution in [0.3, 0.4) is 0 Å². The van der Waals surface area contributed by atoms with Crippen LogP contribution in [0.5, 0.6) is 0 Å². The van der Waals surface area contributed by atoms with Gasteiger partial charge in [0.05, 0.1) is 5.69 Å². The van der Waals surface area contributed by atoms with Gasteiger partial charge in [-0.15, -0.1) is 11.3 Å². The zero-order chi connectivity index (χ0) is 14.5. The highest BCUT2D eigenvalue weighted by atomic mass is 32.1. The largest absolute Gasteiger partial charge is 0.378 e. The van der Waals surface area contributed by atoms with Crippen LogP contribution >= 0.6 is 11.3 Å². The molecule has 3 N–H and O–H groups in total. The minimum Gasteiger partial charge on any atom is -0.378 e. The molecule has 1 heterocycles. The summed E-state index contributed by atoms with van der Waals surface area (Å²) < 4.78 is 0. The molecule has 0 aliphatic carbocycles. The fourth-order valence-electron chi connectivity index (χ4n) is 1.72. The lowest BCUT2D eigenvalue weighted by atomic mass is 10.1. The van der Waals surface area contributed by atoms with Crippen molar-refractivity contribution in [1.82, 2.24) is 4.98 Å². The smallest absolute Gasteiger partial charge is 0.227 e. The third-order valence-electron chi connectivity index (χ3n) is 2.78. The Morgan fingerprint density at radius 1 is 1.45 bits per heavy atom. The second kappa shape index (κ2) is 6.49. The van der Waals surface area contributed by atoms with Crippen LogP contribution in [0.25, 0.3) is 11.3 Å². The van der Waals surface area contributed by atoms with Crippen LogP contribution in [0, 0.1) is 0 Å². The number of rotatable bonds is 5. The Hall–Kier alpha value is -1.92. The molecule has 5 nitrogen and oxygen atoms in total. The van der Waals surface area contributed by atoms with Crippen molar-refractivity contribution >= 4 is 28.1 Å². The van der Waals surface area contributed by atoms with Gasteiger partial charge in [-0.05, 0) is 12.1 Å². The minimum atomic E-state index is -0.101. The average Bonchev–Trinajstić information content (AvgIpc) is 2.87. The van der Waals surface area contributed by atoms with Crippen molar-refractivity contribution in [3.05, 3.63) is 29.6 Å². The predicted molar refractivity (Wildman–Crippen MR) is 84.2 cm³/mol. The highest BCUT2D eigenvalue weighted by Gasteiger charge is 2.08. The second-order valence-corrected chi connectivity index (χ2v) is 5.43. The molecule has 1 aromatic heterocycles. The lowest BCUT2D eigenvalue weighted by Gasteiger charge is -2.12. The monoisotopic (exact) mass is 290 g/mol. The fraction of sp³-hybridized carbons (Fsp3) is 0.286. The first-order chi connectivity index (χ1) is 9.60. The van der Waals surface area contributed by atoms with Crippen molar-refractivity contribution in [3.63, 3.8) is 0 Å². The molecule has 0 atom stereocenters. The predicted octanol–water partition coefficient (Wildman–Crippen LogP) is 2.16. The van der Waals surface area contributed by atoms with Crippen LogP contribution in [0.15, 0.2) is 29.6 Å². The molecule has 1 aromatic carbocycles. The van der Waals surface area contributed by atoms with Gasteiger partial charge >= 0.3 is 0 Å². The van der Waals surface area contributed by atoms with E-state index in [4.69, 9.17) is 5.73 Å². The van der Waals surface area contributed by atoms with E-state index in [1.54, 1.807) is 0 Å². The highest BCUT2D eigenvalue weighted by molar-refractivity contribution is 7.14. The van der Waals surface area contributed by atoms with Crippen molar-refractivity contribution in [2.24, 2.45) is 5.73 Å². The van der Waals surface area contributed by atoms with Crippen molar-refractivity contribution in [2.75, 3.05) is 30.9 Å². The summed E-state index contributed by atoms with van der Waals surface area (Å²) in [6, 6.07) is 8.12. The maximum Gasteiger partial charge on any atom is 0.227 e. The second-order valence-electron chi connectivity index (χ2n) is 4.57. The number of aromatic nitrogens is 1. The van der Waals surface area contributed by atoms with Gasteiger partial charge in [-0.3, -0.25) is 4.79 Å². The van der Waals surface area contributed by atoms with Crippen molar-refractivity contribution in [3.8, 4) is 11.3 Å². The van der Waals surface area contributed by atoms with Gasteiger partial charge in [0.25, 0.3) is 0 Å². The number of nitrogens with zero attached hydrogens (tertiary/aromatic N) is 2. The number of hydrogen-bond donors (Lipinski definition) is 2. The maximum atomic E-state index is 11.5. The van der Waals surface area contributed by atoms with Crippen LogP contribution in [0.1, 0.15) is 6.42 Å². The maximum absolute atomic E-state index is 11.5. The van der Waals surface area contributed by atoms with E-state index in [-0.39, 0.29) is 5.91 Å². The summed E-state index contributed by atoms with van der Waals surface area (Å²) in [5.74, 6) is -0.101. The number of nitrogens with two attached hydrogens (primary N) is 1. The molecular formula is C14H18N4OS. The van der Waals surface area contributed by atoms with Crippen LogP contribution in [0.4, 0.5) is 10.8 Å². The zero-order valence-corrected chi connectivity index (χ0v) is 12.4. The van der Waals surface area contributed by atoms with E-state index >= 15 is 0 Å². The number of thiazole rings is 1. The van der Waals surface area contributed by atoms with E-state index in [9.17, 15) is 4.79 Å². The van der Waals surface area contributed by atoms with E-state index in [1.165, 1.54) is 11.3 Å². The van der Waals surface area contributed by atoms with Crippen LogP contribution < -0.4 is 16.0 Å². The Bertz CT molecular complexity index is 594. The Morgan fingerprint density at radius 2 is 2.25 bits per heavy atom. The van der Waals surface area contributed by atoms with E-state index in [2.05, 4.69) is 16.4 Å². The van der Waals surface area contributed by atoms with Gasteiger partial charge in [0, 0.05) is 43.7 Å². The van der Waals surface area contributed by atoms with Gasteiger partial charge in [-0.1, -0.05) is 12.1 Å². The number of hydrogen-bond acceptors (Lipinski definition) is 5. The highest BCUT2D eigenvalue weighted by Crippen LogP contribution is 2.27. The number of amides is 1. The molecule has 20 heavy (non-hydrogen) atoms. The molecule has 0 saturated carbocycles. The summed E-state index contributed by atoms with van der Waals surface area (Å²) in [6.07, 6.45) is 0.311. The first kappa shape index (κ1) is 14.5. The molecule has 2 aromatic rings. The molecule has 0 aliphatic heterocycles. The topological polar surface area (TPSA) is 71.2 Å². The molecule has 2 rings (SSSR count). The third-order valence-corrected chi connectivity index (χ3v) is 3.54. The number of nitrogens with one attached hydrogen (secondary N) is 1. The van der Waals surface area contributed by atoms with Crippen molar-refractivity contribution in [2.45, 2.75) is 6.42 Å². The molecular weight excluding hydrogens is 272 g/mol. The molecule has 0 saturated heterocycles. The quantitative estimate of drug-likeness (QED) is 0.885. The average molecular weight is 290 g/mol. The molecule has 0 aliphatic rings. The molecule has 0 fully saturated rings. The molecule has 0 radical (unpaired) electrons. The molecule has 1 amide bonds. The van der Waals surface area contributed by atoms with E-state index < -0.39 is 0 Å². The number of benzene rings is 1. The zero-order valence-electron chi connectivity index (χ0n) is 11.6. The molecule has 0 bridgehead atoms. The number of carbonyl (C=O) groups is 1. The van der Waals surface area contributed by atoms with Gasteiger partial charge in [0.2, 0.25) is 5.91 Å². The summed E-state index contributed by atoms with van der Waals surface area (Å²) in [7, 11) is 4.00. The first-order valence-corrected chi connectivity index (χ1v) is 7.21. The van der Waals surface area contributed by atoms with Gasteiger partial charge in [0.1, 0.15) is 0 Å². The minimum absolute atomic E-state index is 0.101. The number of anilines is 2. The third kappa shape index (κ3) is 3.55. The Morgan fingerprint density at radius 3 is 2.95 bits per heavy atom. The van der Waals surface area contributed by atoms with Crippen molar-refractivity contribution < 1.29 is 4.79 Å². The SMILES string of the molecule is CN(C)c1cccc(-c2csc(NC(=O)CCN)n2)c1. The lowest BCUT2D eigenvalue weighted by Crippen LogP contribution is -2.15. The Kier molecular flexibility index (Phi) is 4.70. The van der Waals surface area contributed by atoms with E-state index in [0.29, 0.717) is 18.1 Å². The summed E-state index contributed by atoms with van der Waals surface area (Å²) in [4.78, 5) is 17.9. The lowest BCUT2D eigenvalue weighted by molar-refractivity contribution is -0.116. The van der Waals surface area contributed by atoms with E-state index in [0.717, 1.165) is 16.9 Å². The first-order valence-electron chi connectivity index (χ1n) is 6.33. The Balaban J connectivity index is 2.16. The fourth-order valence-corrected chi connectivity index (χ4v) is 2.46. The van der Waals surface area contributed by atoms with Crippen LogP contribution in [-0.4, -0.2) is 31.5 Å². The van der Waals surface area contributed by atoms with Gasteiger partial charge in [0.15, 0.2) is 5.13 Å². The van der Waals surface area contributed by atoms with Crippen molar-refractivity contribution in [1.29, 1.82) is 0 Å². The Labute approximate surface area is 122 Å². The standard InChI is InChI=1S/C14H18N4OS/c1-18(2)11-5-3-4-10(8-11)12-9-20-14(16-12)17-13(19)6-7-15/h3-5,8-9H,6-7,15H2,1-2H3,(H,16,17,19). The summed E-state index contributed by atoms with van der Waals surface area (Å²) >= 11 is 1.42. The summed E-state index contributed by atoms with van der Waals surface area (Å²) in [5.41, 5.74) is 8.35. The summed E-state index contributed by atoms with van der Waals surface area (Å²) in [5, 5.41) is 5.29. The van der Waals surface area contributed by atoms with Gasteiger partial charge in [-0.25, -0.2) is 4.98 Å². The summed E-state index contributed by atoms with van der Waals surface area (Å²) in [6.45, 7) is 0.342. The van der Waals surface area contributed by atoms with Crippen LogP contribution in [0.2, 0.25) is 0 Å². The van der Waals surface area contributed by atoms with Crippen LogP contribution in [-0.2, 0) is 4.79 Å². The number of carbonyl (C=O) groups excluding carboxylic acids is 1. The molecule has 0 spiro atoms.